The van der Waals surface area contributed by atoms with E-state index in [0.29, 0.717) is 10.9 Å². The molecule has 0 aliphatic carbocycles. The molecule has 1 heterocycles. The molecule has 0 fully saturated rings. The van der Waals surface area contributed by atoms with Gasteiger partial charge in [-0.3, -0.25) is 15.1 Å². The van der Waals surface area contributed by atoms with Gasteiger partial charge in [0, 0.05) is 28.6 Å². The topological polar surface area (TPSA) is 56.0 Å². The number of halogens is 1. The highest BCUT2D eigenvalue weighted by atomic mass is 19.1. The van der Waals surface area contributed by atoms with Crippen LogP contribution >= 0.6 is 0 Å². The van der Waals surface area contributed by atoms with Gasteiger partial charge in [-0.1, -0.05) is 6.92 Å². The monoisotopic (exact) mass is 234 g/mol. The first-order chi connectivity index (χ1) is 8.08. The zero-order chi connectivity index (χ0) is 12.4. The average molecular weight is 234 g/mol. The SMILES string of the molecule is CC(C[N+](=O)[O-])c1cc(F)cc2ccncc12. The normalized spacial score (nSPS) is 12.6. The Balaban J connectivity index is 2.55. The van der Waals surface area contributed by atoms with Crippen molar-refractivity contribution in [2.75, 3.05) is 6.54 Å². The Labute approximate surface area is 97.2 Å². The van der Waals surface area contributed by atoms with Crippen LogP contribution in [0.2, 0.25) is 0 Å². The summed E-state index contributed by atoms with van der Waals surface area (Å²) in [4.78, 5) is 14.1. The summed E-state index contributed by atoms with van der Waals surface area (Å²) in [6.07, 6.45) is 3.18. The van der Waals surface area contributed by atoms with E-state index in [1.54, 1.807) is 25.4 Å². The minimum atomic E-state index is -0.391. The summed E-state index contributed by atoms with van der Waals surface area (Å²) in [6, 6.07) is 4.44. The molecule has 0 aliphatic rings. The Morgan fingerprint density at radius 1 is 1.53 bits per heavy atom. The number of benzene rings is 1. The lowest BCUT2D eigenvalue weighted by molar-refractivity contribution is -0.482. The van der Waals surface area contributed by atoms with E-state index in [1.807, 2.05) is 0 Å². The van der Waals surface area contributed by atoms with Gasteiger partial charge < -0.3 is 0 Å². The van der Waals surface area contributed by atoms with Crippen LogP contribution in [0.3, 0.4) is 0 Å². The van der Waals surface area contributed by atoms with Crippen LogP contribution in [0.15, 0.2) is 30.6 Å². The Morgan fingerprint density at radius 3 is 3.00 bits per heavy atom. The fourth-order valence-electron chi connectivity index (χ4n) is 1.92. The van der Waals surface area contributed by atoms with Crippen molar-refractivity contribution in [2.24, 2.45) is 0 Å². The summed E-state index contributed by atoms with van der Waals surface area (Å²) in [7, 11) is 0. The molecule has 0 amide bonds. The second-order valence-electron chi connectivity index (χ2n) is 4.01. The Bertz CT molecular complexity index is 571. The van der Waals surface area contributed by atoms with Gasteiger partial charge in [0.1, 0.15) is 5.82 Å². The van der Waals surface area contributed by atoms with Crippen LogP contribution < -0.4 is 0 Å². The predicted molar refractivity (Wildman–Crippen MR) is 62.0 cm³/mol. The van der Waals surface area contributed by atoms with Gasteiger partial charge in [0.05, 0.1) is 0 Å². The first-order valence-electron chi connectivity index (χ1n) is 5.23. The van der Waals surface area contributed by atoms with E-state index in [2.05, 4.69) is 4.98 Å². The maximum absolute atomic E-state index is 13.4. The first kappa shape index (κ1) is 11.4. The van der Waals surface area contributed by atoms with Crippen LogP contribution in [0.1, 0.15) is 18.4 Å². The second kappa shape index (κ2) is 4.45. The maximum Gasteiger partial charge on any atom is 0.210 e. The van der Waals surface area contributed by atoms with Gasteiger partial charge in [-0.25, -0.2) is 4.39 Å². The molecule has 2 rings (SSSR count). The van der Waals surface area contributed by atoms with Crippen LogP contribution in [0.4, 0.5) is 4.39 Å². The van der Waals surface area contributed by atoms with Gasteiger partial charge in [-0.2, -0.15) is 0 Å². The van der Waals surface area contributed by atoms with Crippen LogP contribution in [-0.4, -0.2) is 16.5 Å². The number of pyridine rings is 1. The lowest BCUT2D eigenvalue weighted by Gasteiger charge is -2.10. The minimum Gasteiger partial charge on any atom is -0.265 e. The summed E-state index contributed by atoms with van der Waals surface area (Å²) in [6.45, 7) is 1.50. The summed E-state index contributed by atoms with van der Waals surface area (Å²) >= 11 is 0. The van der Waals surface area contributed by atoms with E-state index >= 15 is 0 Å². The largest absolute Gasteiger partial charge is 0.265 e. The van der Waals surface area contributed by atoms with Gasteiger partial charge in [-0.15, -0.1) is 0 Å². The van der Waals surface area contributed by atoms with E-state index < -0.39 is 4.92 Å². The number of nitro groups is 1. The summed E-state index contributed by atoms with van der Waals surface area (Å²) in [5.41, 5.74) is 0.629. The molecule has 0 saturated carbocycles. The van der Waals surface area contributed by atoms with Crippen LogP contribution in [0.5, 0.6) is 0 Å². The van der Waals surface area contributed by atoms with E-state index in [4.69, 9.17) is 0 Å². The molecule has 0 radical (unpaired) electrons. The maximum atomic E-state index is 13.4. The lowest BCUT2D eigenvalue weighted by Crippen LogP contribution is -2.10. The first-order valence-corrected chi connectivity index (χ1v) is 5.23. The smallest absolute Gasteiger partial charge is 0.210 e. The van der Waals surface area contributed by atoms with Gasteiger partial charge in [-0.05, 0) is 29.1 Å². The molecule has 0 aliphatic heterocycles. The van der Waals surface area contributed by atoms with Gasteiger partial charge >= 0.3 is 0 Å². The highest BCUT2D eigenvalue weighted by molar-refractivity contribution is 5.85. The zero-order valence-electron chi connectivity index (χ0n) is 9.26. The molecule has 17 heavy (non-hydrogen) atoms. The average Bonchev–Trinajstić information content (AvgIpc) is 2.26. The van der Waals surface area contributed by atoms with Crippen LogP contribution in [-0.2, 0) is 0 Å². The van der Waals surface area contributed by atoms with Crippen molar-refractivity contribution < 1.29 is 9.31 Å². The molecule has 4 nitrogen and oxygen atoms in total. The van der Waals surface area contributed by atoms with Gasteiger partial charge in [0.2, 0.25) is 6.54 Å². The molecule has 0 N–H and O–H groups in total. The Morgan fingerprint density at radius 2 is 2.29 bits per heavy atom. The molecule has 0 bridgehead atoms. The van der Waals surface area contributed by atoms with Crippen molar-refractivity contribution in [3.63, 3.8) is 0 Å². The fraction of sp³-hybridized carbons (Fsp3) is 0.250. The summed E-state index contributed by atoms with van der Waals surface area (Å²) in [5, 5.41) is 12.0. The van der Waals surface area contributed by atoms with Crippen molar-refractivity contribution >= 4 is 10.8 Å². The van der Waals surface area contributed by atoms with E-state index in [-0.39, 0.29) is 18.3 Å². The third kappa shape index (κ3) is 2.38. The molecule has 5 heteroatoms. The van der Waals surface area contributed by atoms with E-state index in [1.165, 1.54) is 12.1 Å². The molecule has 1 atom stereocenters. The van der Waals surface area contributed by atoms with Crippen molar-refractivity contribution in [3.05, 3.63) is 52.1 Å². The molecule has 0 saturated heterocycles. The molecule has 88 valence electrons. The highest BCUT2D eigenvalue weighted by Gasteiger charge is 2.16. The highest BCUT2D eigenvalue weighted by Crippen LogP contribution is 2.26. The molecular formula is C12H11FN2O2. The van der Waals surface area contributed by atoms with E-state index in [9.17, 15) is 14.5 Å². The van der Waals surface area contributed by atoms with Crippen molar-refractivity contribution in [1.29, 1.82) is 0 Å². The number of nitrogens with zero attached hydrogens (tertiary/aromatic N) is 2. The van der Waals surface area contributed by atoms with Crippen LogP contribution in [0, 0.1) is 15.9 Å². The second-order valence-corrected chi connectivity index (χ2v) is 4.01. The molecule has 1 aromatic carbocycles. The van der Waals surface area contributed by atoms with E-state index in [0.717, 1.165) is 5.39 Å². The van der Waals surface area contributed by atoms with Crippen molar-refractivity contribution in [2.45, 2.75) is 12.8 Å². The molecule has 1 unspecified atom stereocenters. The third-order valence-corrected chi connectivity index (χ3v) is 2.71. The standard InChI is InChI=1S/C12H11FN2O2/c1-8(7-15(16)17)11-5-10(13)4-9-2-3-14-6-12(9)11/h2-6,8H,7H2,1H3. The molecule has 1 aromatic heterocycles. The van der Waals surface area contributed by atoms with Crippen molar-refractivity contribution in [3.8, 4) is 0 Å². The Hall–Kier alpha value is -2.04. The Kier molecular flexibility index (Phi) is 2.99. The number of aromatic nitrogens is 1. The van der Waals surface area contributed by atoms with Crippen molar-refractivity contribution in [1.82, 2.24) is 4.98 Å². The molecule has 2 aromatic rings. The fourth-order valence-corrected chi connectivity index (χ4v) is 1.92. The summed E-state index contributed by atoms with van der Waals surface area (Å²) in [5.74, 6) is -0.721. The summed E-state index contributed by atoms with van der Waals surface area (Å²) < 4.78 is 13.4. The lowest BCUT2D eigenvalue weighted by atomic mass is 9.96. The number of rotatable bonds is 3. The number of hydrogen-bond acceptors (Lipinski definition) is 3. The molecular weight excluding hydrogens is 223 g/mol. The predicted octanol–water partition coefficient (Wildman–Crippen LogP) is 2.75. The van der Waals surface area contributed by atoms with Gasteiger partial charge in [0.15, 0.2) is 0 Å². The zero-order valence-corrected chi connectivity index (χ0v) is 9.26. The minimum absolute atomic E-state index is 0.215. The van der Waals surface area contributed by atoms with Crippen LogP contribution in [0.25, 0.3) is 10.8 Å². The molecule has 0 spiro atoms. The van der Waals surface area contributed by atoms with Gasteiger partial charge in [0.25, 0.3) is 0 Å². The number of hydrogen-bond donors (Lipinski definition) is 0. The third-order valence-electron chi connectivity index (χ3n) is 2.71. The number of fused-ring (bicyclic) bond motifs is 1. The quantitative estimate of drug-likeness (QED) is 0.606.